The maximum Gasteiger partial charge on any atom is 0.253 e. The van der Waals surface area contributed by atoms with Crippen LogP contribution in [0.25, 0.3) is 0 Å². The van der Waals surface area contributed by atoms with Gasteiger partial charge < -0.3 is 15.0 Å². The van der Waals surface area contributed by atoms with E-state index in [2.05, 4.69) is 5.32 Å². The van der Waals surface area contributed by atoms with Gasteiger partial charge in [-0.3, -0.25) is 4.79 Å². The van der Waals surface area contributed by atoms with Gasteiger partial charge in [0.25, 0.3) is 5.91 Å². The molecule has 0 radical (unpaired) electrons. The number of rotatable bonds is 4. The molecule has 0 spiro atoms. The van der Waals surface area contributed by atoms with E-state index in [9.17, 15) is 4.79 Å². The summed E-state index contributed by atoms with van der Waals surface area (Å²) in [4.78, 5) is 14.2. The maximum atomic E-state index is 12.2. The second kappa shape index (κ2) is 6.94. The lowest BCUT2D eigenvalue weighted by Gasteiger charge is -2.22. The van der Waals surface area contributed by atoms with Crippen LogP contribution in [0.5, 0.6) is 5.75 Å². The number of benzene rings is 1. The molecular weight excluding hydrogens is 264 g/mol. The van der Waals surface area contributed by atoms with E-state index in [1.54, 1.807) is 0 Å². The van der Waals surface area contributed by atoms with Gasteiger partial charge in [-0.2, -0.15) is 0 Å². The van der Waals surface area contributed by atoms with Gasteiger partial charge in [0.2, 0.25) is 0 Å². The minimum absolute atomic E-state index is 0.149. The molecule has 4 heteroatoms. The Morgan fingerprint density at radius 3 is 2.62 bits per heavy atom. The minimum Gasteiger partial charge on any atom is -0.493 e. The molecule has 114 valence electrons. The van der Waals surface area contributed by atoms with Gasteiger partial charge in [0.15, 0.2) is 0 Å². The van der Waals surface area contributed by atoms with Crippen molar-refractivity contribution in [3.8, 4) is 5.75 Å². The summed E-state index contributed by atoms with van der Waals surface area (Å²) in [6.45, 7) is 4.72. The van der Waals surface area contributed by atoms with Crippen molar-refractivity contribution in [2.24, 2.45) is 5.92 Å². The molecule has 0 aliphatic carbocycles. The summed E-state index contributed by atoms with van der Waals surface area (Å²) >= 11 is 0. The van der Waals surface area contributed by atoms with Crippen LogP contribution in [0.15, 0.2) is 24.3 Å². The highest BCUT2D eigenvalue weighted by Crippen LogP contribution is 2.18. The van der Waals surface area contributed by atoms with E-state index in [-0.39, 0.29) is 5.91 Å². The molecule has 0 unspecified atom stereocenters. The number of hydrogen-bond donors (Lipinski definition) is 1. The molecule has 2 saturated heterocycles. The maximum absolute atomic E-state index is 12.2. The number of likely N-dealkylation sites (tertiary alicyclic amines) is 1. The normalized spacial score (nSPS) is 22.3. The monoisotopic (exact) mass is 288 g/mol. The summed E-state index contributed by atoms with van der Waals surface area (Å²) in [5.74, 6) is 1.61. The van der Waals surface area contributed by atoms with Crippen molar-refractivity contribution in [3.63, 3.8) is 0 Å². The molecule has 1 aromatic rings. The van der Waals surface area contributed by atoms with Crippen molar-refractivity contribution < 1.29 is 9.53 Å². The quantitative estimate of drug-likeness (QED) is 0.924. The molecule has 0 bridgehead atoms. The van der Waals surface area contributed by atoms with Crippen LogP contribution in [0, 0.1) is 5.92 Å². The number of carbonyl (C=O) groups is 1. The van der Waals surface area contributed by atoms with Gasteiger partial charge in [0, 0.05) is 31.1 Å². The second-order valence-corrected chi connectivity index (χ2v) is 6.05. The molecule has 21 heavy (non-hydrogen) atoms. The Balaban J connectivity index is 1.52. The predicted octanol–water partition coefficient (Wildman–Crippen LogP) is 2.30. The van der Waals surface area contributed by atoms with E-state index >= 15 is 0 Å². The van der Waals surface area contributed by atoms with E-state index in [0.717, 1.165) is 56.9 Å². The van der Waals surface area contributed by atoms with E-state index in [4.69, 9.17) is 4.74 Å². The minimum atomic E-state index is 0.149. The molecule has 2 fully saturated rings. The fourth-order valence-electron chi connectivity index (χ4n) is 3.08. The van der Waals surface area contributed by atoms with Crippen LogP contribution in [0.4, 0.5) is 0 Å². The molecule has 0 aromatic heterocycles. The number of hydrogen-bond acceptors (Lipinski definition) is 3. The first-order valence-corrected chi connectivity index (χ1v) is 8.06. The number of nitrogens with one attached hydrogen (secondary N) is 1. The number of amides is 1. The standard InChI is InChI=1S/C17H24N2O2/c20-17(19-10-1-2-11-19)15-5-7-16(8-6-15)21-13-14-4-3-9-18-12-14/h5-8,14,18H,1-4,9-13H2/t14-/m0/s1. The van der Waals surface area contributed by atoms with Crippen molar-refractivity contribution in [1.82, 2.24) is 10.2 Å². The molecule has 1 aromatic carbocycles. The highest BCUT2D eigenvalue weighted by atomic mass is 16.5. The van der Waals surface area contributed by atoms with Crippen LogP contribution in [0.1, 0.15) is 36.0 Å². The largest absolute Gasteiger partial charge is 0.493 e. The van der Waals surface area contributed by atoms with Gasteiger partial charge in [-0.05, 0) is 56.5 Å². The Labute approximate surface area is 126 Å². The Morgan fingerprint density at radius 1 is 1.19 bits per heavy atom. The van der Waals surface area contributed by atoms with Crippen LogP contribution in [0.3, 0.4) is 0 Å². The molecule has 1 amide bonds. The summed E-state index contributed by atoms with van der Waals surface area (Å²) in [5, 5.41) is 3.40. The highest BCUT2D eigenvalue weighted by Gasteiger charge is 2.19. The molecule has 2 aliphatic heterocycles. The fourth-order valence-corrected chi connectivity index (χ4v) is 3.08. The molecule has 0 saturated carbocycles. The third kappa shape index (κ3) is 3.76. The van der Waals surface area contributed by atoms with Crippen molar-refractivity contribution >= 4 is 5.91 Å². The van der Waals surface area contributed by atoms with Crippen LogP contribution >= 0.6 is 0 Å². The van der Waals surface area contributed by atoms with Gasteiger partial charge in [0.05, 0.1) is 6.61 Å². The smallest absolute Gasteiger partial charge is 0.253 e. The number of nitrogens with zero attached hydrogens (tertiary/aromatic N) is 1. The molecule has 3 rings (SSSR count). The van der Waals surface area contributed by atoms with E-state index in [1.807, 2.05) is 29.2 Å². The van der Waals surface area contributed by atoms with E-state index < -0.39 is 0 Å². The van der Waals surface area contributed by atoms with Crippen LogP contribution in [-0.4, -0.2) is 43.6 Å². The zero-order valence-corrected chi connectivity index (χ0v) is 12.5. The number of carbonyl (C=O) groups excluding carboxylic acids is 1. The summed E-state index contributed by atoms with van der Waals surface area (Å²) in [7, 11) is 0. The number of piperidine rings is 1. The van der Waals surface area contributed by atoms with Crippen LogP contribution in [0.2, 0.25) is 0 Å². The van der Waals surface area contributed by atoms with Gasteiger partial charge in [-0.15, -0.1) is 0 Å². The van der Waals surface area contributed by atoms with Gasteiger partial charge >= 0.3 is 0 Å². The van der Waals surface area contributed by atoms with E-state index in [0.29, 0.717) is 5.92 Å². The van der Waals surface area contributed by atoms with Crippen molar-refractivity contribution in [2.75, 3.05) is 32.8 Å². The third-order valence-corrected chi connectivity index (χ3v) is 4.38. The lowest BCUT2D eigenvalue weighted by Crippen LogP contribution is -2.33. The van der Waals surface area contributed by atoms with Crippen LogP contribution in [-0.2, 0) is 0 Å². The molecule has 1 atom stereocenters. The molecular formula is C17H24N2O2. The van der Waals surface area contributed by atoms with Gasteiger partial charge in [-0.25, -0.2) is 0 Å². The topological polar surface area (TPSA) is 41.6 Å². The predicted molar refractivity (Wildman–Crippen MR) is 82.7 cm³/mol. The average Bonchev–Trinajstić information content (AvgIpc) is 3.08. The summed E-state index contributed by atoms with van der Waals surface area (Å²) < 4.78 is 5.84. The van der Waals surface area contributed by atoms with Gasteiger partial charge in [0.1, 0.15) is 5.75 Å². The van der Waals surface area contributed by atoms with Crippen LogP contribution < -0.4 is 10.1 Å². The molecule has 2 heterocycles. The fraction of sp³-hybridized carbons (Fsp3) is 0.588. The average molecular weight is 288 g/mol. The van der Waals surface area contributed by atoms with Gasteiger partial charge in [-0.1, -0.05) is 0 Å². The SMILES string of the molecule is O=C(c1ccc(OC[C@H]2CCCNC2)cc1)N1CCCC1. The van der Waals surface area contributed by atoms with Crippen molar-refractivity contribution in [3.05, 3.63) is 29.8 Å². The summed E-state index contributed by atoms with van der Waals surface area (Å²) in [5.41, 5.74) is 0.767. The van der Waals surface area contributed by atoms with E-state index in [1.165, 1.54) is 12.8 Å². The zero-order valence-electron chi connectivity index (χ0n) is 12.5. The highest BCUT2D eigenvalue weighted by molar-refractivity contribution is 5.94. The Bertz CT molecular complexity index is 460. The zero-order chi connectivity index (χ0) is 14.5. The molecule has 4 nitrogen and oxygen atoms in total. The Hall–Kier alpha value is -1.55. The lowest BCUT2D eigenvalue weighted by molar-refractivity contribution is 0.0793. The first-order chi connectivity index (χ1) is 10.3. The first-order valence-electron chi connectivity index (χ1n) is 8.06. The molecule has 1 N–H and O–H groups in total. The third-order valence-electron chi connectivity index (χ3n) is 4.38. The number of ether oxygens (including phenoxy) is 1. The summed E-state index contributed by atoms with van der Waals surface area (Å²) in [6, 6.07) is 7.60. The lowest BCUT2D eigenvalue weighted by atomic mass is 10.0. The Kier molecular flexibility index (Phi) is 4.76. The summed E-state index contributed by atoms with van der Waals surface area (Å²) in [6.07, 6.45) is 4.72. The van der Waals surface area contributed by atoms with Crippen molar-refractivity contribution in [1.29, 1.82) is 0 Å². The second-order valence-electron chi connectivity index (χ2n) is 6.05. The Morgan fingerprint density at radius 2 is 1.95 bits per heavy atom. The first kappa shape index (κ1) is 14.4. The van der Waals surface area contributed by atoms with Crippen molar-refractivity contribution in [2.45, 2.75) is 25.7 Å². The molecule has 2 aliphatic rings.